The summed E-state index contributed by atoms with van der Waals surface area (Å²) in [6.45, 7) is 1.23. The highest BCUT2D eigenvalue weighted by atomic mass is 127. The Bertz CT molecular complexity index is 514. The average Bonchev–Trinajstić information content (AvgIpc) is 1.96. The molecule has 0 unspecified atom stereocenters. The Balaban J connectivity index is 3.34. The fourth-order valence-corrected chi connectivity index (χ4v) is 4.92. The summed E-state index contributed by atoms with van der Waals surface area (Å²) in [5.41, 5.74) is 0. The van der Waals surface area contributed by atoms with E-state index in [0.29, 0.717) is 0 Å². The Morgan fingerprint density at radius 3 is 2.06 bits per heavy atom. The molecule has 0 spiro atoms. The number of hydrogen-bond donors (Lipinski definition) is 0. The molecule has 0 aromatic heterocycles. The van der Waals surface area contributed by atoms with Crippen LogP contribution in [0.2, 0.25) is 0 Å². The van der Waals surface area contributed by atoms with E-state index in [1.807, 2.05) is 0 Å². The maximum atomic E-state index is 10.9. The SMILES string of the molecule is CC(=O)Oc1cc(I)c(S(=O)(=O)[O-])c(I)c1. The van der Waals surface area contributed by atoms with Crippen molar-refractivity contribution in [1.29, 1.82) is 0 Å². The van der Waals surface area contributed by atoms with Gasteiger partial charge in [-0.15, -0.1) is 0 Å². The molecule has 0 radical (unpaired) electrons. The predicted octanol–water partition coefficient (Wildman–Crippen LogP) is 1.73. The van der Waals surface area contributed by atoms with Crippen molar-refractivity contribution in [3.63, 3.8) is 0 Å². The molecular weight excluding hydrogens is 462 g/mol. The summed E-state index contributed by atoms with van der Waals surface area (Å²) in [5.74, 6) is -0.293. The van der Waals surface area contributed by atoms with Gasteiger partial charge in [0.05, 0.1) is 4.90 Å². The summed E-state index contributed by atoms with van der Waals surface area (Å²) in [4.78, 5) is 10.4. The van der Waals surface area contributed by atoms with E-state index in [1.165, 1.54) is 19.1 Å². The van der Waals surface area contributed by atoms with Gasteiger partial charge in [-0.25, -0.2) is 8.42 Å². The number of rotatable bonds is 2. The van der Waals surface area contributed by atoms with Gasteiger partial charge in [0.25, 0.3) is 0 Å². The van der Waals surface area contributed by atoms with Crippen LogP contribution in [0.25, 0.3) is 0 Å². The topological polar surface area (TPSA) is 83.5 Å². The number of carbonyl (C=O) groups is 1. The van der Waals surface area contributed by atoms with Gasteiger partial charge in [0, 0.05) is 14.1 Å². The number of esters is 1. The van der Waals surface area contributed by atoms with Crippen molar-refractivity contribution in [2.75, 3.05) is 0 Å². The molecule has 16 heavy (non-hydrogen) atoms. The Morgan fingerprint density at radius 2 is 1.75 bits per heavy atom. The van der Waals surface area contributed by atoms with Crippen molar-refractivity contribution in [3.8, 4) is 5.75 Å². The third-order valence-corrected chi connectivity index (χ3v) is 4.86. The van der Waals surface area contributed by atoms with Crippen LogP contribution in [0.1, 0.15) is 6.92 Å². The number of halogens is 2. The minimum absolute atomic E-state index is 0.216. The van der Waals surface area contributed by atoms with Crippen LogP contribution >= 0.6 is 45.2 Å². The van der Waals surface area contributed by atoms with Crippen molar-refractivity contribution >= 4 is 61.3 Å². The van der Waals surface area contributed by atoms with E-state index < -0.39 is 16.1 Å². The van der Waals surface area contributed by atoms with Crippen LogP contribution in [-0.2, 0) is 14.9 Å². The van der Waals surface area contributed by atoms with Crippen LogP contribution in [0.5, 0.6) is 5.75 Å². The molecule has 0 saturated heterocycles. The van der Waals surface area contributed by atoms with Gasteiger partial charge in [-0.2, -0.15) is 0 Å². The van der Waals surface area contributed by atoms with Gasteiger partial charge in [0.2, 0.25) is 0 Å². The maximum Gasteiger partial charge on any atom is 0.308 e. The minimum atomic E-state index is -4.51. The monoisotopic (exact) mass is 467 g/mol. The highest BCUT2D eigenvalue weighted by Gasteiger charge is 2.14. The van der Waals surface area contributed by atoms with Crippen molar-refractivity contribution in [2.45, 2.75) is 11.8 Å². The van der Waals surface area contributed by atoms with Gasteiger partial charge in [0.15, 0.2) is 0 Å². The second-order valence-corrected chi connectivity index (χ2v) is 6.40. The molecule has 0 atom stereocenters. The second kappa shape index (κ2) is 5.14. The van der Waals surface area contributed by atoms with E-state index in [4.69, 9.17) is 4.74 Å². The largest absolute Gasteiger partial charge is 0.744 e. The molecule has 1 aromatic rings. The van der Waals surface area contributed by atoms with Crippen molar-refractivity contribution in [2.24, 2.45) is 0 Å². The third-order valence-electron chi connectivity index (χ3n) is 1.48. The molecule has 0 aliphatic carbocycles. The molecule has 0 N–H and O–H groups in total. The highest BCUT2D eigenvalue weighted by molar-refractivity contribution is 14.1. The smallest absolute Gasteiger partial charge is 0.308 e. The summed E-state index contributed by atoms with van der Waals surface area (Å²) in [5, 5.41) is 0. The van der Waals surface area contributed by atoms with E-state index in [9.17, 15) is 17.8 Å². The van der Waals surface area contributed by atoms with E-state index >= 15 is 0 Å². The normalized spacial score (nSPS) is 11.2. The second-order valence-electron chi connectivity index (χ2n) is 2.76. The number of benzene rings is 1. The van der Waals surface area contributed by atoms with Gasteiger partial charge in [0.1, 0.15) is 15.9 Å². The van der Waals surface area contributed by atoms with Crippen LogP contribution in [0, 0.1) is 7.14 Å². The molecule has 5 nitrogen and oxygen atoms in total. The summed E-state index contributed by atoms with van der Waals surface area (Å²) < 4.78 is 38.1. The van der Waals surface area contributed by atoms with Gasteiger partial charge < -0.3 is 9.29 Å². The lowest BCUT2D eigenvalue weighted by Gasteiger charge is -2.13. The van der Waals surface area contributed by atoms with E-state index in [2.05, 4.69) is 0 Å². The molecule has 0 bridgehead atoms. The predicted molar refractivity (Wildman–Crippen MR) is 71.1 cm³/mol. The van der Waals surface area contributed by atoms with Crippen molar-refractivity contribution in [3.05, 3.63) is 19.3 Å². The van der Waals surface area contributed by atoms with Gasteiger partial charge in [-0.05, 0) is 57.3 Å². The Morgan fingerprint density at radius 1 is 1.31 bits per heavy atom. The van der Waals surface area contributed by atoms with Crippen molar-refractivity contribution in [1.82, 2.24) is 0 Å². The molecule has 88 valence electrons. The van der Waals surface area contributed by atoms with Crippen LogP contribution in [0.15, 0.2) is 17.0 Å². The summed E-state index contributed by atoms with van der Waals surface area (Å²) >= 11 is 3.42. The zero-order valence-corrected chi connectivity index (χ0v) is 13.0. The van der Waals surface area contributed by atoms with Gasteiger partial charge in [-0.1, -0.05) is 0 Å². The Kier molecular flexibility index (Phi) is 4.54. The molecule has 0 aliphatic heterocycles. The van der Waals surface area contributed by atoms with Crippen LogP contribution in [0.4, 0.5) is 0 Å². The van der Waals surface area contributed by atoms with E-state index in [0.717, 1.165) is 0 Å². The fourth-order valence-electron chi connectivity index (χ4n) is 1.00. The van der Waals surface area contributed by atoms with E-state index in [1.54, 1.807) is 45.2 Å². The molecule has 0 amide bonds. The zero-order chi connectivity index (χ0) is 12.5. The Hall–Kier alpha value is 0.0600. The van der Waals surface area contributed by atoms with Gasteiger partial charge in [-0.3, -0.25) is 4.79 Å². The maximum absolute atomic E-state index is 10.9. The minimum Gasteiger partial charge on any atom is -0.744 e. The fraction of sp³-hybridized carbons (Fsp3) is 0.125. The lowest BCUT2D eigenvalue weighted by atomic mass is 10.3. The Labute approximate surface area is 120 Å². The molecule has 1 aromatic carbocycles. The van der Waals surface area contributed by atoms with E-state index in [-0.39, 0.29) is 17.8 Å². The van der Waals surface area contributed by atoms with Crippen LogP contribution in [0.3, 0.4) is 0 Å². The number of carbonyl (C=O) groups excluding carboxylic acids is 1. The summed E-state index contributed by atoms with van der Waals surface area (Å²) in [6, 6.07) is 2.66. The zero-order valence-electron chi connectivity index (χ0n) is 7.86. The molecule has 0 fully saturated rings. The molecule has 0 saturated carbocycles. The first-order valence-corrected chi connectivity index (χ1v) is 7.41. The summed E-state index contributed by atoms with van der Waals surface area (Å²) in [7, 11) is -4.51. The summed E-state index contributed by atoms with van der Waals surface area (Å²) in [6.07, 6.45) is 0. The molecule has 0 heterocycles. The number of hydrogen-bond acceptors (Lipinski definition) is 5. The average molecular weight is 467 g/mol. The van der Waals surface area contributed by atoms with Gasteiger partial charge >= 0.3 is 5.97 Å². The first-order chi connectivity index (χ1) is 7.21. The first kappa shape index (κ1) is 14.1. The third kappa shape index (κ3) is 3.53. The first-order valence-electron chi connectivity index (χ1n) is 3.85. The quantitative estimate of drug-likeness (QED) is 0.287. The molecule has 1 rings (SSSR count). The molecule has 8 heteroatoms. The van der Waals surface area contributed by atoms with Crippen LogP contribution in [-0.4, -0.2) is 18.9 Å². The molecular formula is C8H5I2O5S-. The van der Waals surface area contributed by atoms with Crippen molar-refractivity contribution < 1.29 is 22.5 Å². The highest BCUT2D eigenvalue weighted by Crippen LogP contribution is 2.29. The lowest BCUT2D eigenvalue weighted by molar-refractivity contribution is -0.131. The standard InChI is InChI=1S/C8H6I2O5S/c1-4(11)15-5-2-6(9)8(7(10)3-5)16(12,13)14/h2-3H,1H3,(H,12,13,14)/p-1. The number of ether oxygens (including phenoxy) is 1. The molecule has 0 aliphatic rings. The lowest BCUT2D eigenvalue weighted by Crippen LogP contribution is -2.07. The van der Waals surface area contributed by atoms with Crippen LogP contribution < -0.4 is 4.74 Å².